The Morgan fingerprint density at radius 2 is 2.09 bits per heavy atom. The van der Waals surface area contributed by atoms with Crippen LogP contribution in [0, 0.1) is 0 Å². The molecule has 0 amide bonds. The first-order chi connectivity index (χ1) is 11.3. The van der Waals surface area contributed by atoms with Crippen molar-refractivity contribution in [2.45, 2.75) is 19.3 Å². The van der Waals surface area contributed by atoms with Gasteiger partial charge < -0.3 is 10.2 Å². The molecule has 2 aromatic carbocycles. The Bertz CT molecular complexity index is 810. The van der Waals surface area contributed by atoms with Crippen LogP contribution in [0.2, 0.25) is 0 Å². The highest BCUT2D eigenvalue weighted by molar-refractivity contribution is 7.22. The molecule has 23 heavy (non-hydrogen) atoms. The Morgan fingerprint density at radius 3 is 2.91 bits per heavy atom. The fraction of sp³-hybridized carbons (Fsp3) is 0.316. The Labute approximate surface area is 141 Å². The molecule has 1 aliphatic rings. The van der Waals surface area contributed by atoms with Crippen LogP contribution in [0.4, 0.5) is 10.8 Å². The van der Waals surface area contributed by atoms with E-state index in [9.17, 15) is 0 Å². The van der Waals surface area contributed by atoms with E-state index in [2.05, 4.69) is 57.7 Å². The summed E-state index contributed by atoms with van der Waals surface area (Å²) in [5.74, 6) is 0. The summed E-state index contributed by atoms with van der Waals surface area (Å²) in [5.41, 5.74) is 5.38. The zero-order chi connectivity index (χ0) is 15.6. The van der Waals surface area contributed by atoms with Crippen molar-refractivity contribution in [2.24, 2.45) is 0 Å². The zero-order valence-electron chi connectivity index (χ0n) is 13.4. The Balaban J connectivity index is 1.61. The first-order valence-electron chi connectivity index (χ1n) is 8.23. The molecule has 1 aliphatic heterocycles. The van der Waals surface area contributed by atoms with Crippen LogP contribution in [0.15, 0.2) is 42.5 Å². The number of rotatable bonds is 4. The Kier molecular flexibility index (Phi) is 3.92. The van der Waals surface area contributed by atoms with Crippen molar-refractivity contribution in [3.8, 4) is 0 Å². The number of aryl methyl sites for hydroxylation is 1. The molecule has 0 atom stereocenters. The summed E-state index contributed by atoms with van der Waals surface area (Å²) < 4.78 is 1.29. The molecule has 0 radical (unpaired) electrons. The molecule has 0 bridgehead atoms. The normalized spacial score (nSPS) is 14.0. The van der Waals surface area contributed by atoms with Crippen molar-refractivity contribution >= 4 is 32.4 Å². The van der Waals surface area contributed by atoms with Crippen LogP contribution in [0.1, 0.15) is 17.5 Å². The molecule has 4 rings (SSSR count). The van der Waals surface area contributed by atoms with Gasteiger partial charge in [-0.25, -0.2) is 4.98 Å². The van der Waals surface area contributed by atoms with Gasteiger partial charge in [-0.1, -0.05) is 41.7 Å². The van der Waals surface area contributed by atoms with Gasteiger partial charge in [-0.15, -0.1) is 0 Å². The summed E-state index contributed by atoms with van der Waals surface area (Å²) in [6.07, 6.45) is 3.52. The summed E-state index contributed by atoms with van der Waals surface area (Å²) in [6.45, 7) is 2.22. The molecule has 118 valence electrons. The average molecular weight is 323 g/mol. The average Bonchev–Trinajstić information content (AvgIpc) is 3.01. The van der Waals surface area contributed by atoms with Gasteiger partial charge in [-0.2, -0.15) is 0 Å². The lowest BCUT2D eigenvalue weighted by molar-refractivity contribution is 0.689. The van der Waals surface area contributed by atoms with E-state index in [0.717, 1.165) is 30.2 Å². The highest BCUT2D eigenvalue weighted by Gasteiger charge is 2.18. The largest absolute Gasteiger partial charge is 0.371 e. The first-order valence-corrected chi connectivity index (χ1v) is 9.05. The van der Waals surface area contributed by atoms with Gasteiger partial charge in [0.1, 0.15) is 0 Å². The van der Waals surface area contributed by atoms with Crippen LogP contribution in [0.3, 0.4) is 0 Å². The molecule has 1 N–H and O–H groups in total. The number of fused-ring (bicyclic) bond motifs is 2. The smallest absolute Gasteiger partial charge is 0.183 e. The molecule has 0 spiro atoms. The van der Waals surface area contributed by atoms with Crippen LogP contribution in [-0.2, 0) is 12.8 Å². The number of hydrogen-bond donors (Lipinski definition) is 1. The van der Waals surface area contributed by atoms with E-state index in [-0.39, 0.29) is 0 Å². The fourth-order valence-corrected chi connectivity index (χ4v) is 4.19. The molecule has 0 saturated heterocycles. The topological polar surface area (TPSA) is 28.2 Å². The molecular formula is C19H21N3S. The Hall–Kier alpha value is -2.07. The van der Waals surface area contributed by atoms with Crippen molar-refractivity contribution in [2.75, 3.05) is 30.4 Å². The quantitative estimate of drug-likeness (QED) is 0.774. The second-order valence-electron chi connectivity index (χ2n) is 6.04. The minimum Gasteiger partial charge on any atom is -0.371 e. The van der Waals surface area contributed by atoms with Gasteiger partial charge in [0.25, 0.3) is 0 Å². The lowest BCUT2D eigenvalue weighted by Gasteiger charge is -2.31. The lowest BCUT2D eigenvalue weighted by Crippen LogP contribution is -2.31. The van der Waals surface area contributed by atoms with Crippen LogP contribution in [-0.4, -0.2) is 25.1 Å². The molecule has 0 saturated carbocycles. The van der Waals surface area contributed by atoms with Crippen LogP contribution in [0.5, 0.6) is 0 Å². The lowest BCUT2D eigenvalue weighted by atomic mass is 10.0. The minimum atomic E-state index is 0.998. The summed E-state index contributed by atoms with van der Waals surface area (Å²) in [7, 11) is 1.93. The highest BCUT2D eigenvalue weighted by atomic mass is 32.1. The van der Waals surface area contributed by atoms with Gasteiger partial charge in [0.15, 0.2) is 5.13 Å². The van der Waals surface area contributed by atoms with E-state index in [1.807, 2.05) is 7.05 Å². The monoisotopic (exact) mass is 323 g/mol. The van der Waals surface area contributed by atoms with E-state index >= 15 is 0 Å². The van der Waals surface area contributed by atoms with Crippen molar-refractivity contribution in [1.29, 1.82) is 0 Å². The molecular weight excluding hydrogens is 302 g/mol. The van der Waals surface area contributed by atoms with Crippen LogP contribution >= 0.6 is 11.3 Å². The molecule has 0 unspecified atom stereocenters. The second-order valence-corrected chi connectivity index (χ2v) is 7.07. The number of nitrogens with zero attached hydrogens (tertiary/aromatic N) is 2. The maximum atomic E-state index is 4.67. The van der Waals surface area contributed by atoms with Crippen molar-refractivity contribution in [3.05, 3.63) is 53.6 Å². The van der Waals surface area contributed by atoms with E-state index in [0.29, 0.717) is 0 Å². The number of benzene rings is 2. The van der Waals surface area contributed by atoms with E-state index in [1.165, 1.54) is 34.4 Å². The predicted molar refractivity (Wildman–Crippen MR) is 99.8 cm³/mol. The molecule has 2 heterocycles. The van der Waals surface area contributed by atoms with Gasteiger partial charge in [0.2, 0.25) is 0 Å². The zero-order valence-corrected chi connectivity index (χ0v) is 14.2. The standard InChI is InChI=1S/C19H21N3S/c1-20-19-21-16-13-17-15(12-18(16)23-19)8-5-10-22(17)11-9-14-6-3-2-4-7-14/h2-4,6-7,12-13H,5,8-11H2,1H3,(H,20,21). The van der Waals surface area contributed by atoms with Gasteiger partial charge in [0, 0.05) is 25.8 Å². The number of hydrogen-bond acceptors (Lipinski definition) is 4. The number of nitrogens with one attached hydrogen (secondary N) is 1. The molecule has 0 aliphatic carbocycles. The molecule has 0 fully saturated rings. The summed E-state index contributed by atoms with van der Waals surface area (Å²) in [6, 6.07) is 15.4. The number of aromatic nitrogens is 1. The fourth-order valence-electron chi connectivity index (χ4n) is 3.33. The van der Waals surface area contributed by atoms with Gasteiger partial charge in [0.05, 0.1) is 10.2 Å². The second kappa shape index (κ2) is 6.20. The van der Waals surface area contributed by atoms with E-state index in [4.69, 9.17) is 0 Å². The van der Waals surface area contributed by atoms with Crippen LogP contribution in [0.25, 0.3) is 10.2 Å². The molecule has 4 heteroatoms. The third-order valence-corrected chi connectivity index (χ3v) is 5.57. The van der Waals surface area contributed by atoms with E-state index in [1.54, 1.807) is 11.3 Å². The molecule has 3 nitrogen and oxygen atoms in total. The maximum absolute atomic E-state index is 4.67. The molecule has 1 aromatic heterocycles. The minimum absolute atomic E-state index is 0.998. The van der Waals surface area contributed by atoms with Crippen molar-refractivity contribution < 1.29 is 0 Å². The summed E-state index contributed by atoms with van der Waals surface area (Å²) in [4.78, 5) is 7.20. The maximum Gasteiger partial charge on any atom is 0.183 e. The van der Waals surface area contributed by atoms with Crippen LogP contribution < -0.4 is 10.2 Å². The summed E-state index contributed by atoms with van der Waals surface area (Å²) in [5, 5.41) is 4.16. The van der Waals surface area contributed by atoms with Gasteiger partial charge in [-0.3, -0.25) is 0 Å². The van der Waals surface area contributed by atoms with Gasteiger partial charge in [-0.05, 0) is 42.5 Å². The third kappa shape index (κ3) is 2.91. The number of anilines is 2. The van der Waals surface area contributed by atoms with Crippen molar-refractivity contribution in [3.63, 3.8) is 0 Å². The SMILES string of the molecule is CNc1nc2cc3c(cc2s1)CCCN3CCc1ccccc1. The first kappa shape index (κ1) is 14.5. The third-order valence-electron chi connectivity index (χ3n) is 4.53. The predicted octanol–water partition coefficient (Wildman–Crippen LogP) is 4.33. The molecule has 3 aromatic rings. The Morgan fingerprint density at radius 1 is 1.22 bits per heavy atom. The van der Waals surface area contributed by atoms with E-state index < -0.39 is 0 Å². The highest BCUT2D eigenvalue weighted by Crippen LogP contribution is 2.35. The van der Waals surface area contributed by atoms with Gasteiger partial charge >= 0.3 is 0 Å². The van der Waals surface area contributed by atoms with Crippen molar-refractivity contribution in [1.82, 2.24) is 4.98 Å². The summed E-state index contributed by atoms with van der Waals surface area (Å²) >= 11 is 1.74. The number of thiazole rings is 1.